The average molecular weight is 416 g/mol. The van der Waals surface area contributed by atoms with E-state index in [0.717, 1.165) is 6.08 Å². The van der Waals surface area contributed by atoms with Gasteiger partial charge in [-0.25, -0.2) is 0 Å². The van der Waals surface area contributed by atoms with Crippen molar-refractivity contribution in [2.24, 2.45) is 7.05 Å². The van der Waals surface area contributed by atoms with Crippen LogP contribution in [0.15, 0.2) is 36.1 Å². The van der Waals surface area contributed by atoms with Crippen LogP contribution in [0.25, 0.3) is 0 Å². The number of Topliss-reactive ketones (excluding diaryl/α,β-unsaturated/α-hetero) is 1. The zero-order chi connectivity index (χ0) is 22.4. The number of nitro benzene ring substituents is 1. The lowest BCUT2D eigenvalue weighted by Gasteiger charge is -2.12. The minimum atomic E-state index is -0.550. The van der Waals surface area contributed by atoms with Gasteiger partial charge in [-0.1, -0.05) is 0 Å². The first-order valence-corrected chi connectivity index (χ1v) is 8.27. The number of non-ortho nitro benzene ring substituents is 1. The van der Waals surface area contributed by atoms with Crippen LogP contribution in [0.5, 0.6) is 5.75 Å². The van der Waals surface area contributed by atoms with Crippen LogP contribution in [-0.2, 0) is 23.2 Å². The molecule has 1 aliphatic carbocycles. The van der Waals surface area contributed by atoms with Gasteiger partial charge in [-0.2, -0.15) is 0 Å². The summed E-state index contributed by atoms with van der Waals surface area (Å²) in [6, 6.07) is 5.41. The molecule has 0 bridgehead atoms. The van der Waals surface area contributed by atoms with Crippen molar-refractivity contribution in [3.05, 3.63) is 68.7 Å². The van der Waals surface area contributed by atoms with Crippen LogP contribution in [-0.4, -0.2) is 46.0 Å². The molecule has 0 amide bonds. The fraction of sp³-hybridized carbons (Fsp3) is 0.158. The van der Waals surface area contributed by atoms with E-state index in [1.807, 2.05) is 0 Å². The maximum Gasteiger partial charge on any atom is 0.290 e. The van der Waals surface area contributed by atoms with E-state index < -0.39 is 16.5 Å². The normalized spacial score (nSPS) is 12.1. The second-order valence-corrected chi connectivity index (χ2v) is 5.81. The third-order valence-electron chi connectivity index (χ3n) is 4.26. The molecule has 1 aromatic heterocycles. The van der Waals surface area contributed by atoms with Gasteiger partial charge in [-0.05, 0) is 12.1 Å². The largest absolute Gasteiger partial charge is 0.492 e. The summed E-state index contributed by atoms with van der Waals surface area (Å²) in [7, 11) is 2.82. The number of carbonyl (C=O) groups is 4. The lowest BCUT2D eigenvalue weighted by atomic mass is 9.96. The minimum absolute atomic E-state index is 0.0147. The molecular formula is C19H16N2O9. The summed E-state index contributed by atoms with van der Waals surface area (Å²) in [6.45, 7) is -0.363. The van der Waals surface area contributed by atoms with Gasteiger partial charge >= 0.3 is 0 Å². The average Bonchev–Trinajstić information content (AvgIpc) is 3.02. The Bertz CT molecular complexity index is 1050. The fourth-order valence-corrected chi connectivity index (χ4v) is 2.92. The highest BCUT2D eigenvalue weighted by Crippen LogP contribution is 2.29. The van der Waals surface area contributed by atoms with Crippen LogP contribution >= 0.6 is 0 Å². The highest BCUT2D eigenvalue weighted by Gasteiger charge is 2.35. The van der Waals surface area contributed by atoms with Crippen molar-refractivity contribution in [2.75, 3.05) is 7.11 Å². The third kappa shape index (κ3) is 4.09. The Morgan fingerprint density at radius 2 is 1.80 bits per heavy atom. The molecule has 3 rings (SSSR count). The fourth-order valence-electron chi connectivity index (χ4n) is 2.92. The molecule has 0 unspecified atom stereocenters. The molecule has 1 N–H and O–H groups in total. The molecule has 0 aliphatic heterocycles. The number of benzene rings is 1. The zero-order valence-electron chi connectivity index (χ0n) is 15.9. The van der Waals surface area contributed by atoms with E-state index >= 15 is 0 Å². The molecule has 11 heteroatoms. The number of allylic oxidation sites excluding steroid dienone is 2. The standard InChI is InChI=1S/C18H14N2O7.CH2O2/c1-19-13(9-27-11-5-3-10(4-6-11)20(24)25)12(8-21)16-17(19)14(22)7-15(26-2)18(16)23;2-1-3/h3-8H,9H2,1-2H3;1H,(H,2,3). The van der Waals surface area contributed by atoms with E-state index in [4.69, 9.17) is 19.4 Å². The number of carbonyl (C=O) groups excluding carboxylic acids is 3. The second kappa shape index (κ2) is 9.28. The second-order valence-electron chi connectivity index (χ2n) is 5.81. The topological polar surface area (TPSA) is 155 Å². The van der Waals surface area contributed by atoms with Crippen LogP contribution in [0.1, 0.15) is 36.9 Å². The molecule has 0 saturated heterocycles. The molecule has 1 heterocycles. The predicted molar refractivity (Wildman–Crippen MR) is 101 cm³/mol. The monoisotopic (exact) mass is 416 g/mol. The smallest absolute Gasteiger partial charge is 0.290 e. The summed E-state index contributed by atoms with van der Waals surface area (Å²) in [5.74, 6) is -0.797. The lowest BCUT2D eigenvalue weighted by Crippen LogP contribution is -2.20. The van der Waals surface area contributed by atoms with Gasteiger partial charge in [0.05, 0.1) is 28.9 Å². The molecule has 2 aromatic rings. The first kappa shape index (κ1) is 22.0. The van der Waals surface area contributed by atoms with Crippen molar-refractivity contribution >= 4 is 30.0 Å². The van der Waals surface area contributed by atoms with E-state index in [1.165, 1.54) is 35.9 Å². The number of aldehydes is 1. The first-order valence-electron chi connectivity index (χ1n) is 8.27. The quantitative estimate of drug-likeness (QED) is 0.422. The summed E-state index contributed by atoms with van der Waals surface area (Å²) in [5, 5.41) is 17.6. The van der Waals surface area contributed by atoms with Crippen LogP contribution in [0.2, 0.25) is 0 Å². The van der Waals surface area contributed by atoms with E-state index in [9.17, 15) is 24.5 Å². The first-order chi connectivity index (χ1) is 14.3. The van der Waals surface area contributed by atoms with Crippen LogP contribution < -0.4 is 4.74 Å². The number of rotatable bonds is 6. The molecule has 0 atom stereocenters. The Balaban J connectivity index is 0.00000101. The van der Waals surface area contributed by atoms with Crippen LogP contribution in [0, 0.1) is 10.1 Å². The number of carboxylic acid groups (broad SMARTS) is 1. The lowest BCUT2D eigenvalue weighted by molar-refractivity contribution is -0.384. The van der Waals surface area contributed by atoms with Gasteiger partial charge < -0.3 is 19.1 Å². The maximum atomic E-state index is 12.5. The van der Waals surface area contributed by atoms with E-state index in [2.05, 4.69) is 0 Å². The summed E-state index contributed by atoms with van der Waals surface area (Å²) >= 11 is 0. The third-order valence-corrected chi connectivity index (χ3v) is 4.26. The van der Waals surface area contributed by atoms with Gasteiger partial charge in [0.1, 0.15) is 18.1 Å². The number of fused-ring (bicyclic) bond motifs is 1. The molecule has 0 spiro atoms. The van der Waals surface area contributed by atoms with Gasteiger partial charge in [0, 0.05) is 25.3 Å². The molecule has 0 radical (unpaired) electrons. The number of hydrogen-bond donors (Lipinski definition) is 1. The number of nitro groups is 1. The summed E-state index contributed by atoms with van der Waals surface area (Å²) in [5.41, 5.74) is 0.375. The molecule has 11 nitrogen and oxygen atoms in total. The Morgan fingerprint density at radius 3 is 2.30 bits per heavy atom. The van der Waals surface area contributed by atoms with Gasteiger partial charge in [0.15, 0.2) is 12.0 Å². The van der Waals surface area contributed by atoms with Crippen molar-refractivity contribution in [3.63, 3.8) is 0 Å². The molecule has 1 aliphatic rings. The number of ketones is 2. The van der Waals surface area contributed by atoms with Gasteiger partial charge in [-0.3, -0.25) is 29.3 Å². The van der Waals surface area contributed by atoms with Crippen molar-refractivity contribution in [1.82, 2.24) is 4.57 Å². The Hall–Kier alpha value is -4.28. The highest BCUT2D eigenvalue weighted by molar-refractivity contribution is 6.25. The molecule has 0 saturated carbocycles. The number of nitrogens with zero attached hydrogens (tertiary/aromatic N) is 2. The Kier molecular flexibility index (Phi) is 6.81. The number of methoxy groups -OCH3 is 1. The number of ether oxygens (including phenoxy) is 2. The van der Waals surface area contributed by atoms with E-state index in [0.29, 0.717) is 17.7 Å². The zero-order valence-corrected chi connectivity index (χ0v) is 15.9. The van der Waals surface area contributed by atoms with Crippen LogP contribution in [0.4, 0.5) is 5.69 Å². The van der Waals surface area contributed by atoms with Crippen LogP contribution in [0.3, 0.4) is 0 Å². The SMILES string of the molecule is COC1=CC(=O)c2c(c(C=O)c(COc3ccc([N+](=O)[O-])cc3)n2C)C1=O.O=CO. The molecule has 30 heavy (non-hydrogen) atoms. The predicted octanol–water partition coefficient (Wildman–Crippen LogP) is 1.93. The Labute approximate surface area is 169 Å². The summed E-state index contributed by atoms with van der Waals surface area (Å²) in [6.07, 6.45) is 1.58. The molecule has 156 valence electrons. The van der Waals surface area contributed by atoms with Crippen molar-refractivity contribution < 1.29 is 38.7 Å². The van der Waals surface area contributed by atoms with Crippen molar-refractivity contribution in [2.45, 2.75) is 6.61 Å². The minimum Gasteiger partial charge on any atom is -0.492 e. The van der Waals surface area contributed by atoms with Crippen molar-refractivity contribution in [3.8, 4) is 5.75 Å². The number of aromatic nitrogens is 1. The van der Waals surface area contributed by atoms with Gasteiger partial charge in [-0.15, -0.1) is 0 Å². The number of hydrogen-bond acceptors (Lipinski definition) is 8. The molecule has 0 fully saturated rings. The Morgan fingerprint density at radius 1 is 1.20 bits per heavy atom. The van der Waals surface area contributed by atoms with Crippen molar-refractivity contribution in [1.29, 1.82) is 0 Å². The maximum absolute atomic E-state index is 12.5. The summed E-state index contributed by atoms with van der Waals surface area (Å²) < 4.78 is 11.9. The molecular weight excluding hydrogens is 400 g/mol. The van der Waals surface area contributed by atoms with Gasteiger partial charge in [0.25, 0.3) is 12.2 Å². The summed E-state index contributed by atoms with van der Waals surface area (Å²) in [4.78, 5) is 55.0. The van der Waals surface area contributed by atoms with E-state index in [-0.39, 0.29) is 41.3 Å². The molecule has 1 aromatic carbocycles. The van der Waals surface area contributed by atoms with E-state index in [1.54, 1.807) is 7.05 Å². The highest BCUT2D eigenvalue weighted by atomic mass is 16.6. The van der Waals surface area contributed by atoms with Gasteiger partial charge in [0.2, 0.25) is 11.6 Å².